The van der Waals surface area contributed by atoms with Crippen LogP contribution in [0.2, 0.25) is 5.02 Å². The van der Waals surface area contributed by atoms with Crippen molar-refractivity contribution in [3.63, 3.8) is 0 Å². The molecule has 1 atom stereocenters. The minimum atomic E-state index is -4.03. The van der Waals surface area contributed by atoms with Crippen LogP contribution in [-0.2, 0) is 14.8 Å². The fraction of sp³-hybridized carbons (Fsp3) is 0.300. The highest BCUT2D eigenvalue weighted by atomic mass is 35.5. The Kier molecular flexibility index (Phi) is 5.09. The average Bonchev–Trinajstić information content (AvgIpc) is 2.28. The normalized spacial score (nSPS) is 13.2. The van der Waals surface area contributed by atoms with Crippen LogP contribution in [0.1, 0.15) is 6.42 Å². The van der Waals surface area contributed by atoms with Crippen LogP contribution in [0.5, 0.6) is 0 Å². The number of hydrogen-bond donors (Lipinski definition) is 3. The van der Waals surface area contributed by atoms with Crippen molar-refractivity contribution < 1.29 is 23.4 Å². The van der Waals surface area contributed by atoms with Crippen molar-refractivity contribution >= 4 is 27.6 Å². The molecule has 100 valence electrons. The zero-order chi connectivity index (χ0) is 13.8. The predicted molar refractivity (Wildman–Crippen MR) is 64.9 cm³/mol. The molecule has 0 amide bonds. The van der Waals surface area contributed by atoms with Crippen molar-refractivity contribution in [1.29, 1.82) is 0 Å². The summed E-state index contributed by atoms with van der Waals surface area (Å²) in [6.07, 6.45) is -0.223. The van der Waals surface area contributed by atoms with E-state index in [4.69, 9.17) is 21.8 Å². The van der Waals surface area contributed by atoms with Crippen LogP contribution in [0, 0.1) is 0 Å². The molecule has 0 aromatic heterocycles. The van der Waals surface area contributed by atoms with Crippen molar-refractivity contribution in [3.8, 4) is 0 Å². The largest absolute Gasteiger partial charge is 0.480 e. The fourth-order valence-corrected chi connectivity index (χ4v) is 3.02. The van der Waals surface area contributed by atoms with Gasteiger partial charge in [-0.2, -0.15) is 4.72 Å². The van der Waals surface area contributed by atoms with Gasteiger partial charge in [-0.05, 0) is 18.6 Å². The van der Waals surface area contributed by atoms with Gasteiger partial charge in [0.1, 0.15) is 10.9 Å². The fourth-order valence-electron chi connectivity index (χ4n) is 1.28. The quantitative estimate of drug-likeness (QED) is 0.707. The van der Waals surface area contributed by atoms with Crippen molar-refractivity contribution in [2.45, 2.75) is 17.4 Å². The van der Waals surface area contributed by atoms with Crippen molar-refractivity contribution in [3.05, 3.63) is 29.3 Å². The zero-order valence-electron chi connectivity index (χ0n) is 9.21. The standard InChI is InChI=1S/C10H12ClNO5S/c11-7-3-1-2-4-9(7)18(16,17)12-8(5-6-13)10(14)15/h1-4,8,12-13H,5-6H2,(H,14,15). The molecule has 0 aliphatic heterocycles. The maximum absolute atomic E-state index is 11.9. The van der Waals surface area contributed by atoms with Gasteiger partial charge in [0.15, 0.2) is 0 Å². The van der Waals surface area contributed by atoms with E-state index < -0.39 is 28.6 Å². The van der Waals surface area contributed by atoms with E-state index in [1.807, 2.05) is 4.72 Å². The number of halogens is 1. The zero-order valence-corrected chi connectivity index (χ0v) is 10.8. The second-order valence-corrected chi connectivity index (χ2v) is 5.54. The van der Waals surface area contributed by atoms with Gasteiger partial charge in [-0.3, -0.25) is 4.79 Å². The van der Waals surface area contributed by atoms with Crippen molar-refractivity contribution in [2.75, 3.05) is 6.61 Å². The number of carboxylic acids is 1. The summed E-state index contributed by atoms with van der Waals surface area (Å²) in [5, 5.41) is 17.5. The van der Waals surface area contributed by atoms with Gasteiger partial charge in [0.05, 0.1) is 5.02 Å². The molecule has 0 saturated heterocycles. The number of hydrogen-bond acceptors (Lipinski definition) is 4. The molecule has 0 saturated carbocycles. The second kappa shape index (κ2) is 6.14. The van der Waals surface area contributed by atoms with Gasteiger partial charge < -0.3 is 10.2 Å². The molecular weight excluding hydrogens is 282 g/mol. The molecule has 6 nitrogen and oxygen atoms in total. The van der Waals surface area contributed by atoms with Crippen LogP contribution < -0.4 is 4.72 Å². The molecule has 0 aliphatic carbocycles. The van der Waals surface area contributed by atoms with E-state index in [9.17, 15) is 13.2 Å². The summed E-state index contributed by atoms with van der Waals surface area (Å²) in [5.74, 6) is -1.36. The molecule has 1 rings (SSSR count). The lowest BCUT2D eigenvalue weighted by Crippen LogP contribution is -2.41. The number of rotatable bonds is 6. The molecule has 0 bridgehead atoms. The Morgan fingerprint density at radius 2 is 2.00 bits per heavy atom. The summed E-state index contributed by atoms with van der Waals surface area (Å²) >= 11 is 5.73. The van der Waals surface area contributed by atoms with Crippen LogP contribution >= 0.6 is 11.6 Å². The summed E-state index contributed by atoms with van der Waals surface area (Å²) in [5.41, 5.74) is 0. The molecule has 18 heavy (non-hydrogen) atoms. The third-order valence-electron chi connectivity index (χ3n) is 2.14. The molecular formula is C10H12ClNO5S. The molecule has 0 aliphatic rings. The first-order valence-electron chi connectivity index (χ1n) is 4.99. The summed E-state index contributed by atoms with van der Waals surface area (Å²) in [4.78, 5) is 10.6. The number of nitrogens with one attached hydrogen (secondary N) is 1. The molecule has 1 aromatic carbocycles. The van der Waals surface area contributed by atoms with E-state index in [1.54, 1.807) is 6.07 Å². The lowest BCUT2D eigenvalue weighted by atomic mass is 10.2. The Labute approximate surface area is 109 Å². The van der Waals surface area contributed by atoms with Gasteiger partial charge in [0.25, 0.3) is 0 Å². The lowest BCUT2D eigenvalue weighted by molar-refractivity contribution is -0.139. The third-order valence-corrected chi connectivity index (χ3v) is 4.11. The Balaban J connectivity index is 3.01. The Hall–Kier alpha value is -1.15. The SMILES string of the molecule is O=C(O)C(CCO)NS(=O)(=O)c1ccccc1Cl. The van der Waals surface area contributed by atoms with Gasteiger partial charge in [-0.25, -0.2) is 8.42 Å². The van der Waals surface area contributed by atoms with Crippen LogP contribution in [0.25, 0.3) is 0 Å². The van der Waals surface area contributed by atoms with Crippen LogP contribution in [0.4, 0.5) is 0 Å². The molecule has 0 heterocycles. The highest BCUT2D eigenvalue weighted by molar-refractivity contribution is 7.89. The molecule has 0 radical (unpaired) electrons. The van der Waals surface area contributed by atoms with Gasteiger partial charge in [0.2, 0.25) is 10.0 Å². The van der Waals surface area contributed by atoms with E-state index in [0.717, 1.165) is 0 Å². The van der Waals surface area contributed by atoms with Crippen LogP contribution in [-0.4, -0.2) is 37.2 Å². The number of carboxylic acid groups (broad SMARTS) is 1. The number of aliphatic carboxylic acids is 1. The minimum Gasteiger partial charge on any atom is -0.480 e. The predicted octanol–water partition coefficient (Wildman–Crippen LogP) is 0.454. The first kappa shape index (κ1) is 14.9. The minimum absolute atomic E-state index is 0.00172. The number of benzene rings is 1. The van der Waals surface area contributed by atoms with E-state index in [2.05, 4.69) is 0 Å². The number of aliphatic hydroxyl groups is 1. The van der Waals surface area contributed by atoms with E-state index in [-0.39, 0.29) is 16.3 Å². The number of sulfonamides is 1. The molecule has 1 unspecified atom stereocenters. The topological polar surface area (TPSA) is 104 Å². The monoisotopic (exact) mass is 293 g/mol. The molecule has 1 aromatic rings. The maximum Gasteiger partial charge on any atom is 0.321 e. The average molecular weight is 294 g/mol. The van der Waals surface area contributed by atoms with Gasteiger partial charge in [0, 0.05) is 6.61 Å². The number of carbonyl (C=O) groups is 1. The first-order chi connectivity index (χ1) is 8.38. The maximum atomic E-state index is 11.9. The Morgan fingerprint density at radius 3 is 2.50 bits per heavy atom. The second-order valence-electron chi connectivity index (χ2n) is 3.45. The van der Waals surface area contributed by atoms with E-state index in [1.165, 1.54) is 18.2 Å². The van der Waals surface area contributed by atoms with Gasteiger partial charge in [-0.1, -0.05) is 23.7 Å². The number of aliphatic hydroxyl groups excluding tert-OH is 1. The molecule has 0 spiro atoms. The smallest absolute Gasteiger partial charge is 0.321 e. The van der Waals surface area contributed by atoms with Crippen LogP contribution in [0.3, 0.4) is 0 Å². The molecule has 3 N–H and O–H groups in total. The summed E-state index contributed by atoms with van der Waals surface area (Å²) < 4.78 is 25.8. The van der Waals surface area contributed by atoms with Crippen molar-refractivity contribution in [2.24, 2.45) is 0 Å². The summed E-state index contributed by atoms with van der Waals surface area (Å²) in [7, 11) is -4.03. The Morgan fingerprint density at radius 1 is 1.39 bits per heavy atom. The van der Waals surface area contributed by atoms with Gasteiger partial charge >= 0.3 is 5.97 Å². The van der Waals surface area contributed by atoms with E-state index in [0.29, 0.717) is 0 Å². The lowest BCUT2D eigenvalue weighted by Gasteiger charge is -2.14. The van der Waals surface area contributed by atoms with Crippen LogP contribution in [0.15, 0.2) is 29.2 Å². The van der Waals surface area contributed by atoms with Gasteiger partial charge in [-0.15, -0.1) is 0 Å². The molecule has 0 fully saturated rings. The van der Waals surface area contributed by atoms with E-state index >= 15 is 0 Å². The van der Waals surface area contributed by atoms with Crippen molar-refractivity contribution in [1.82, 2.24) is 4.72 Å². The molecule has 8 heteroatoms. The third kappa shape index (κ3) is 3.67. The summed E-state index contributed by atoms with van der Waals surface area (Å²) in [6.45, 7) is -0.442. The Bertz CT molecular complexity index is 531. The highest BCUT2D eigenvalue weighted by Gasteiger charge is 2.26. The highest BCUT2D eigenvalue weighted by Crippen LogP contribution is 2.20. The first-order valence-corrected chi connectivity index (χ1v) is 6.85. The summed E-state index contributed by atoms with van der Waals surface area (Å²) in [6, 6.07) is 4.29.